The highest BCUT2D eigenvalue weighted by Gasteiger charge is 2.13. The number of ether oxygens (including phenoxy) is 1. The van der Waals surface area contributed by atoms with E-state index >= 15 is 0 Å². The van der Waals surface area contributed by atoms with Gasteiger partial charge in [-0.05, 0) is 19.8 Å². The van der Waals surface area contributed by atoms with Gasteiger partial charge in [-0.25, -0.2) is 9.78 Å². The molecule has 1 aliphatic carbocycles. The van der Waals surface area contributed by atoms with Crippen molar-refractivity contribution in [3.05, 3.63) is 16.1 Å². The molecule has 0 amide bonds. The Labute approximate surface area is 124 Å². The zero-order valence-electron chi connectivity index (χ0n) is 12.2. The Kier molecular flexibility index (Phi) is 6.47. The molecule has 0 aliphatic heterocycles. The van der Waals surface area contributed by atoms with Crippen molar-refractivity contribution in [3.63, 3.8) is 0 Å². The summed E-state index contributed by atoms with van der Waals surface area (Å²) in [6.45, 7) is 3.15. The quantitative estimate of drug-likeness (QED) is 0.647. The summed E-state index contributed by atoms with van der Waals surface area (Å²) >= 11 is 1.54. The third kappa shape index (κ3) is 4.87. The van der Waals surface area contributed by atoms with Crippen LogP contribution in [0.15, 0.2) is 5.38 Å². The molecule has 1 saturated carbocycles. The van der Waals surface area contributed by atoms with E-state index in [9.17, 15) is 4.79 Å². The fraction of sp³-hybridized carbons (Fsp3) is 0.733. The lowest BCUT2D eigenvalue weighted by Crippen LogP contribution is -2.30. The lowest BCUT2D eigenvalue weighted by molar-refractivity contribution is 0.0520. The maximum Gasteiger partial charge on any atom is 0.357 e. The highest BCUT2D eigenvalue weighted by atomic mass is 32.1. The third-order valence-corrected chi connectivity index (χ3v) is 4.57. The summed E-state index contributed by atoms with van der Waals surface area (Å²) in [5.74, 6) is -0.313. The van der Waals surface area contributed by atoms with Gasteiger partial charge in [0.05, 0.1) is 11.6 Å². The largest absolute Gasteiger partial charge is 0.461 e. The van der Waals surface area contributed by atoms with Gasteiger partial charge >= 0.3 is 5.97 Å². The van der Waals surface area contributed by atoms with Crippen molar-refractivity contribution < 1.29 is 9.53 Å². The molecule has 0 atom stereocenters. The van der Waals surface area contributed by atoms with Crippen LogP contribution in [0, 0.1) is 0 Å². The van der Waals surface area contributed by atoms with Gasteiger partial charge in [0.1, 0.15) is 0 Å². The summed E-state index contributed by atoms with van der Waals surface area (Å²) in [7, 11) is 0. The molecule has 0 aromatic carbocycles. The standard InChI is InChI=1S/C15H24N2O2S/c1-2-19-15(18)13-11-20-14(17-13)9-10-16-12-7-5-3-4-6-8-12/h11-12,16H,2-10H2,1H3. The minimum atomic E-state index is -0.313. The van der Waals surface area contributed by atoms with Crippen LogP contribution in [-0.4, -0.2) is 30.1 Å². The van der Waals surface area contributed by atoms with Crippen LogP contribution >= 0.6 is 11.3 Å². The van der Waals surface area contributed by atoms with Crippen LogP contribution in [0.25, 0.3) is 0 Å². The van der Waals surface area contributed by atoms with Gasteiger partial charge in [0.25, 0.3) is 0 Å². The van der Waals surface area contributed by atoms with Crippen LogP contribution in [0.2, 0.25) is 0 Å². The van der Waals surface area contributed by atoms with E-state index in [1.807, 2.05) is 6.92 Å². The molecule has 112 valence electrons. The molecule has 0 unspecified atom stereocenters. The maximum absolute atomic E-state index is 11.5. The van der Waals surface area contributed by atoms with Gasteiger partial charge in [-0.3, -0.25) is 0 Å². The molecule has 0 spiro atoms. The van der Waals surface area contributed by atoms with E-state index in [1.54, 1.807) is 16.7 Å². The Balaban J connectivity index is 1.72. The van der Waals surface area contributed by atoms with Gasteiger partial charge in [0.15, 0.2) is 5.69 Å². The second kappa shape index (κ2) is 8.37. The minimum absolute atomic E-state index is 0.313. The summed E-state index contributed by atoms with van der Waals surface area (Å²) in [5.41, 5.74) is 0.446. The molecule has 1 heterocycles. The predicted molar refractivity (Wildman–Crippen MR) is 81.3 cm³/mol. The first-order valence-corrected chi connectivity index (χ1v) is 8.52. The third-order valence-electron chi connectivity index (χ3n) is 3.66. The van der Waals surface area contributed by atoms with Crippen LogP contribution in [-0.2, 0) is 11.2 Å². The highest BCUT2D eigenvalue weighted by molar-refractivity contribution is 7.09. The Bertz CT molecular complexity index is 412. The average molecular weight is 296 g/mol. The Hall–Kier alpha value is -0.940. The van der Waals surface area contributed by atoms with Gasteiger partial charge in [0, 0.05) is 24.4 Å². The number of aromatic nitrogens is 1. The van der Waals surface area contributed by atoms with Crippen molar-refractivity contribution in [3.8, 4) is 0 Å². The molecule has 2 rings (SSSR count). The molecular weight excluding hydrogens is 272 g/mol. The van der Waals surface area contributed by atoms with E-state index in [4.69, 9.17) is 4.74 Å². The molecule has 1 N–H and O–H groups in total. The van der Waals surface area contributed by atoms with Crippen molar-refractivity contribution in [1.29, 1.82) is 0 Å². The lowest BCUT2D eigenvalue weighted by Gasteiger charge is -2.15. The van der Waals surface area contributed by atoms with Gasteiger partial charge in [-0.2, -0.15) is 0 Å². The monoisotopic (exact) mass is 296 g/mol. The molecule has 0 radical (unpaired) electrons. The van der Waals surface area contributed by atoms with Crippen LogP contribution in [0.1, 0.15) is 60.9 Å². The van der Waals surface area contributed by atoms with Crippen molar-refractivity contribution in [1.82, 2.24) is 10.3 Å². The highest BCUT2D eigenvalue weighted by Crippen LogP contribution is 2.17. The zero-order chi connectivity index (χ0) is 14.2. The summed E-state index contributed by atoms with van der Waals surface area (Å²) < 4.78 is 4.94. The number of nitrogens with one attached hydrogen (secondary N) is 1. The first-order valence-electron chi connectivity index (χ1n) is 7.64. The molecule has 1 aliphatic rings. The van der Waals surface area contributed by atoms with E-state index in [1.165, 1.54) is 38.5 Å². The number of carbonyl (C=O) groups excluding carboxylic acids is 1. The molecule has 4 nitrogen and oxygen atoms in total. The molecule has 5 heteroatoms. The van der Waals surface area contributed by atoms with Gasteiger partial charge in [-0.1, -0.05) is 25.7 Å². The predicted octanol–water partition coefficient (Wildman–Crippen LogP) is 3.17. The van der Waals surface area contributed by atoms with Crippen molar-refractivity contribution in [2.75, 3.05) is 13.2 Å². The van der Waals surface area contributed by atoms with Crippen molar-refractivity contribution >= 4 is 17.3 Å². The first kappa shape index (κ1) is 15.4. The Morgan fingerprint density at radius 3 is 2.85 bits per heavy atom. The summed E-state index contributed by atoms with van der Waals surface area (Å²) in [6, 6.07) is 0.669. The van der Waals surface area contributed by atoms with Crippen LogP contribution in [0.3, 0.4) is 0 Å². The van der Waals surface area contributed by atoms with Crippen molar-refractivity contribution in [2.24, 2.45) is 0 Å². The Morgan fingerprint density at radius 1 is 1.40 bits per heavy atom. The average Bonchev–Trinajstić information content (AvgIpc) is 2.76. The normalized spacial score (nSPS) is 16.9. The molecule has 0 bridgehead atoms. The number of esters is 1. The smallest absolute Gasteiger partial charge is 0.357 e. The van der Waals surface area contributed by atoms with Crippen molar-refractivity contribution in [2.45, 2.75) is 57.9 Å². The fourth-order valence-electron chi connectivity index (χ4n) is 2.59. The van der Waals surface area contributed by atoms with Gasteiger partial charge < -0.3 is 10.1 Å². The van der Waals surface area contributed by atoms with Gasteiger partial charge in [0.2, 0.25) is 0 Å². The second-order valence-corrected chi connectivity index (χ2v) is 6.18. The molecule has 1 aromatic rings. The topological polar surface area (TPSA) is 51.2 Å². The van der Waals surface area contributed by atoms with E-state index in [0.29, 0.717) is 18.3 Å². The molecule has 1 aromatic heterocycles. The summed E-state index contributed by atoms with van der Waals surface area (Å²) in [4.78, 5) is 15.9. The molecule has 1 fully saturated rings. The van der Waals surface area contributed by atoms with E-state index in [-0.39, 0.29) is 5.97 Å². The fourth-order valence-corrected chi connectivity index (χ4v) is 3.36. The van der Waals surface area contributed by atoms with E-state index < -0.39 is 0 Å². The van der Waals surface area contributed by atoms with Gasteiger partial charge in [-0.15, -0.1) is 11.3 Å². The Morgan fingerprint density at radius 2 is 2.15 bits per heavy atom. The summed E-state index contributed by atoms with van der Waals surface area (Å²) in [6.07, 6.45) is 8.95. The maximum atomic E-state index is 11.5. The molecule has 0 saturated heterocycles. The number of hydrogen-bond donors (Lipinski definition) is 1. The summed E-state index contributed by atoms with van der Waals surface area (Å²) in [5, 5.41) is 6.42. The first-order chi connectivity index (χ1) is 9.79. The number of carbonyl (C=O) groups is 1. The van der Waals surface area contributed by atoms with Crippen LogP contribution < -0.4 is 5.32 Å². The number of nitrogens with zero attached hydrogens (tertiary/aromatic N) is 1. The SMILES string of the molecule is CCOC(=O)c1csc(CCNC2CCCCCC2)n1. The number of hydrogen-bond acceptors (Lipinski definition) is 5. The van der Waals surface area contributed by atoms with E-state index in [2.05, 4.69) is 10.3 Å². The second-order valence-electron chi connectivity index (χ2n) is 5.24. The zero-order valence-corrected chi connectivity index (χ0v) is 13.0. The molecule has 20 heavy (non-hydrogen) atoms. The van der Waals surface area contributed by atoms with Crippen LogP contribution in [0.5, 0.6) is 0 Å². The minimum Gasteiger partial charge on any atom is -0.461 e. The lowest BCUT2D eigenvalue weighted by atomic mass is 10.1. The van der Waals surface area contributed by atoms with Crippen LogP contribution in [0.4, 0.5) is 0 Å². The molecular formula is C15H24N2O2S. The van der Waals surface area contributed by atoms with E-state index in [0.717, 1.165) is 18.0 Å². The number of rotatable bonds is 6. The number of thiazole rings is 1.